The van der Waals surface area contributed by atoms with Crippen LogP contribution in [0.3, 0.4) is 0 Å². The van der Waals surface area contributed by atoms with E-state index in [1.807, 2.05) is 50.2 Å². The van der Waals surface area contributed by atoms with Gasteiger partial charge in [-0.2, -0.15) is 9.78 Å². The Balaban J connectivity index is 1.48. The maximum absolute atomic E-state index is 12.9. The molecule has 0 unspecified atom stereocenters. The summed E-state index contributed by atoms with van der Waals surface area (Å²) in [6, 6.07) is 16.6. The number of phenolic OH excluding ortho intramolecular Hbond substituents is 1. The summed E-state index contributed by atoms with van der Waals surface area (Å²) in [5.74, 6) is 0.212. The van der Waals surface area contributed by atoms with Gasteiger partial charge in [0, 0.05) is 35.7 Å². The Morgan fingerprint density at radius 2 is 1.82 bits per heavy atom. The van der Waals surface area contributed by atoms with Crippen molar-refractivity contribution in [3.8, 4) is 17.0 Å². The zero-order valence-corrected chi connectivity index (χ0v) is 19.8. The van der Waals surface area contributed by atoms with E-state index >= 15 is 0 Å². The minimum Gasteiger partial charge on any atom is -0.507 e. The van der Waals surface area contributed by atoms with Crippen LogP contribution in [-0.4, -0.2) is 33.4 Å². The molecule has 0 spiro atoms. The summed E-state index contributed by atoms with van der Waals surface area (Å²) in [4.78, 5) is 25.3. The Kier molecular flexibility index (Phi) is 7.30. The topological polar surface area (TPSA) is 96.3 Å². The third kappa shape index (κ3) is 5.47. The van der Waals surface area contributed by atoms with Gasteiger partial charge in [-0.05, 0) is 55.9 Å². The van der Waals surface area contributed by atoms with E-state index < -0.39 is 0 Å². The average molecular weight is 461 g/mol. The normalized spacial score (nSPS) is 13.1. The summed E-state index contributed by atoms with van der Waals surface area (Å²) in [7, 11) is 0. The van der Waals surface area contributed by atoms with Crippen molar-refractivity contribution < 1.29 is 14.7 Å². The van der Waals surface area contributed by atoms with Gasteiger partial charge in [0.25, 0.3) is 0 Å². The van der Waals surface area contributed by atoms with Crippen LogP contribution in [0.5, 0.6) is 5.75 Å². The number of nitrogens with one attached hydrogen (secondary N) is 2. The second kappa shape index (κ2) is 10.5. The lowest BCUT2D eigenvalue weighted by molar-refractivity contribution is -0.120. The Morgan fingerprint density at radius 1 is 1.09 bits per heavy atom. The number of benzene rings is 2. The number of hydrogen-bond donors (Lipinski definition) is 3. The predicted molar refractivity (Wildman–Crippen MR) is 133 cm³/mol. The van der Waals surface area contributed by atoms with Crippen LogP contribution in [0.2, 0.25) is 0 Å². The van der Waals surface area contributed by atoms with Gasteiger partial charge in [-0.1, -0.05) is 44.2 Å². The first-order valence-electron chi connectivity index (χ1n) is 12.1. The number of aromatic hydroxyl groups is 1. The highest BCUT2D eigenvalue weighted by atomic mass is 16.3. The van der Waals surface area contributed by atoms with Crippen LogP contribution in [0.1, 0.15) is 56.7 Å². The lowest BCUT2D eigenvalue weighted by Gasteiger charge is -2.13. The number of carbonyl (C=O) groups excluding carboxylic acids is 2. The molecule has 0 bridgehead atoms. The zero-order valence-electron chi connectivity index (χ0n) is 19.8. The van der Waals surface area contributed by atoms with E-state index in [1.165, 1.54) is 10.7 Å². The first kappa shape index (κ1) is 23.5. The molecule has 0 saturated heterocycles. The van der Waals surface area contributed by atoms with Crippen molar-refractivity contribution in [1.29, 1.82) is 0 Å². The fourth-order valence-corrected chi connectivity index (χ4v) is 4.12. The van der Waals surface area contributed by atoms with E-state index in [4.69, 9.17) is 0 Å². The van der Waals surface area contributed by atoms with Crippen LogP contribution in [-0.2, 0) is 11.2 Å². The van der Waals surface area contributed by atoms with Crippen LogP contribution in [0, 0.1) is 5.92 Å². The molecular weight excluding hydrogens is 428 g/mol. The molecule has 4 rings (SSSR count). The number of carbonyl (C=O) groups is 2. The molecule has 3 N–H and O–H groups in total. The molecule has 7 heteroatoms. The quantitative estimate of drug-likeness (QED) is 0.403. The van der Waals surface area contributed by atoms with Crippen molar-refractivity contribution in [2.24, 2.45) is 5.92 Å². The Hall–Kier alpha value is -3.61. The number of rotatable bonds is 9. The van der Waals surface area contributed by atoms with E-state index in [2.05, 4.69) is 15.7 Å². The van der Waals surface area contributed by atoms with E-state index in [1.54, 1.807) is 12.1 Å². The second-order valence-electron chi connectivity index (χ2n) is 8.84. The first-order chi connectivity index (χ1) is 16.5. The number of nitrogens with zero attached hydrogens (tertiary/aromatic N) is 2. The maximum atomic E-state index is 12.9. The highest BCUT2D eigenvalue weighted by molar-refractivity contribution is 5.93. The minimum absolute atomic E-state index is 0.0128. The maximum Gasteiger partial charge on any atom is 0.342 e. The highest BCUT2D eigenvalue weighted by Crippen LogP contribution is 2.42. The third-order valence-electron chi connectivity index (χ3n) is 6.36. The van der Waals surface area contributed by atoms with Gasteiger partial charge in [0.2, 0.25) is 5.91 Å². The van der Waals surface area contributed by atoms with Crippen molar-refractivity contribution in [2.45, 2.75) is 51.9 Å². The van der Waals surface area contributed by atoms with Crippen LogP contribution < -0.4 is 10.6 Å². The first-order valence-corrected chi connectivity index (χ1v) is 12.1. The van der Waals surface area contributed by atoms with Crippen molar-refractivity contribution >= 4 is 17.6 Å². The van der Waals surface area contributed by atoms with E-state index in [0.29, 0.717) is 29.4 Å². The van der Waals surface area contributed by atoms with Crippen molar-refractivity contribution in [2.75, 3.05) is 11.9 Å². The second-order valence-corrected chi connectivity index (χ2v) is 8.84. The molecule has 2 amide bonds. The van der Waals surface area contributed by atoms with Crippen LogP contribution in [0.15, 0.2) is 54.6 Å². The molecule has 178 valence electrons. The largest absolute Gasteiger partial charge is 0.507 e. The fourth-order valence-electron chi connectivity index (χ4n) is 4.12. The lowest BCUT2D eigenvalue weighted by Crippen LogP contribution is -2.32. The van der Waals surface area contributed by atoms with Gasteiger partial charge in [-0.3, -0.25) is 4.79 Å². The summed E-state index contributed by atoms with van der Waals surface area (Å²) in [6.07, 6.45) is 4.32. The van der Waals surface area contributed by atoms with Gasteiger partial charge in [-0.15, -0.1) is 0 Å². The van der Waals surface area contributed by atoms with E-state index in [-0.39, 0.29) is 23.6 Å². The molecule has 1 aliphatic rings. The highest BCUT2D eigenvalue weighted by Gasteiger charge is 2.30. The predicted octanol–water partition coefficient (Wildman–Crippen LogP) is 5.31. The SMILES string of the molecule is CCC(CC)C(=O)Nc1ccc(-c2cc(C3CC3)n(C(=O)NCCc3ccccc3)n2)c(O)c1. The summed E-state index contributed by atoms with van der Waals surface area (Å²) >= 11 is 0. The summed E-state index contributed by atoms with van der Waals surface area (Å²) < 4.78 is 1.43. The van der Waals surface area contributed by atoms with Crippen molar-refractivity contribution in [1.82, 2.24) is 15.1 Å². The van der Waals surface area contributed by atoms with Gasteiger partial charge < -0.3 is 15.7 Å². The Morgan fingerprint density at radius 3 is 2.47 bits per heavy atom. The van der Waals surface area contributed by atoms with Gasteiger partial charge in [-0.25, -0.2) is 4.79 Å². The fraction of sp³-hybridized carbons (Fsp3) is 0.370. The number of phenols is 1. The Labute approximate surface area is 200 Å². The molecule has 2 aromatic carbocycles. The molecular formula is C27H32N4O3. The van der Waals surface area contributed by atoms with Crippen LogP contribution in [0.4, 0.5) is 10.5 Å². The minimum atomic E-state index is -0.266. The van der Waals surface area contributed by atoms with Crippen LogP contribution >= 0.6 is 0 Å². The van der Waals surface area contributed by atoms with E-state index in [0.717, 1.165) is 43.4 Å². The molecule has 1 fully saturated rings. The lowest BCUT2D eigenvalue weighted by atomic mass is 10.0. The third-order valence-corrected chi connectivity index (χ3v) is 6.36. The number of hydrogen-bond acceptors (Lipinski definition) is 4. The van der Waals surface area contributed by atoms with Crippen molar-refractivity contribution in [3.05, 3.63) is 65.9 Å². The smallest absolute Gasteiger partial charge is 0.342 e. The molecule has 0 radical (unpaired) electrons. The molecule has 0 atom stereocenters. The monoisotopic (exact) mass is 460 g/mol. The standard InChI is InChI=1S/C27H32N4O3/c1-3-19(4-2)26(33)29-21-12-13-22(25(32)16-21)23-17-24(20-10-11-20)31(30-23)27(34)28-15-14-18-8-6-5-7-9-18/h5-9,12-13,16-17,19-20,32H,3-4,10-11,14-15H2,1-2H3,(H,28,34)(H,29,33). The van der Waals surface area contributed by atoms with Gasteiger partial charge in [0.1, 0.15) is 5.75 Å². The summed E-state index contributed by atoms with van der Waals surface area (Å²) in [6.45, 7) is 4.48. The molecule has 7 nitrogen and oxygen atoms in total. The van der Waals surface area contributed by atoms with E-state index in [9.17, 15) is 14.7 Å². The number of amides is 2. The summed E-state index contributed by atoms with van der Waals surface area (Å²) in [5.41, 5.74) is 3.62. The molecule has 1 saturated carbocycles. The van der Waals surface area contributed by atoms with Gasteiger partial charge >= 0.3 is 6.03 Å². The van der Waals surface area contributed by atoms with Gasteiger partial charge in [0.05, 0.1) is 11.4 Å². The number of anilines is 1. The zero-order chi connectivity index (χ0) is 24.1. The van der Waals surface area contributed by atoms with Crippen molar-refractivity contribution in [3.63, 3.8) is 0 Å². The molecule has 1 heterocycles. The molecule has 0 aliphatic heterocycles. The summed E-state index contributed by atoms with van der Waals surface area (Å²) in [5, 5.41) is 21.0. The molecule has 3 aromatic rings. The number of aromatic nitrogens is 2. The van der Waals surface area contributed by atoms with Crippen LogP contribution in [0.25, 0.3) is 11.3 Å². The Bertz CT molecular complexity index is 1150. The molecule has 1 aliphatic carbocycles. The van der Waals surface area contributed by atoms with Gasteiger partial charge in [0.15, 0.2) is 0 Å². The molecule has 34 heavy (non-hydrogen) atoms. The molecule has 1 aromatic heterocycles. The average Bonchev–Trinajstić information content (AvgIpc) is 3.59.